The Hall–Kier alpha value is -1.79. The van der Waals surface area contributed by atoms with Crippen LogP contribution in [-0.2, 0) is 17.1 Å². The zero-order valence-corrected chi connectivity index (χ0v) is 13.3. The average Bonchev–Trinajstić information content (AvgIpc) is 2.94. The predicted molar refractivity (Wildman–Crippen MR) is 83.6 cm³/mol. The van der Waals surface area contributed by atoms with Gasteiger partial charge in [0.1, 0.15) is 0 Å². The number of benzene rings is 1. The lowest BCUT2D eigenvalue weighted by Crippen LogP contribution is -2.14. The normalized spacial score (nSPS) is 10.2. The smallest absolute Gasteiger partial charge is 0.230 e. The van der Waals surface area contributed by atoms with Crippen LogP contribution in [0, 0.1) is 0 Å². The van der Waals surface area contributed by atoms with E-state index in [4.69, 9.17) is 21.1 Å². The van der Waals surface area contributed by atoms with E-state index in [0.717, 1.165) is 11.3 Å². The number of rotatable bonds is 6. The third-order valence-electron chi connectivity index (χ3n) is 2.75. The first kappa shape index (κ1) is 15.6. The van der Waals surface area contributed by atoms with Gasteiger partial charge >= 0.3 is 0 Å². The first-order valence-corrected chi connectivity index (χ1v) is 7.58. The van der Waals surface area contributed by atoms with Gasteiger partial charge < -0.3 is 14.8 Å². The molecular weight excluding hydrogens is 312 g/mol. The molecule has 7 heteroatoms. The molecule has 0 saturated carbocycles. The van der Waals surface area contributed by atoms with Crippen molar-refractivity contribution < 1.29 is 14.3 Å². The zero-order valence-electron chi connectivity index (χ0n) is 11.7. The van der Waals surface area contributed by atoms with E-state index < -0.39 is 0 Å². The van der Waals surface area contributed by atoms with Crippen LogP contribution in [0.5, 0.6) is 11.5 Å². The van der Waals surface area contributed by atoms with Gasteiger partial charge in [-0.15, -0.1) is 22.9 Å². The Balaban J connectivity index is 2.02. The molecule has 0 atom stereocenters. The van der Waals surface area contributed by atoms with Gasteiger partial charge in [0.05, 0.1) is 32.2 Å². The summed E-state index contributed by atoms with van der Waals surface area (Å²) < 4.78 is 10.4. The van der Waals surface area contributed by atoms with Crippen molar-refractivity contribution in [1.82, 2.24) is 4.98 Å². The van der Waals surface area contributed by atoms with Gasteiger partial charge in [0.2, 0.25) is 5.91 Å². The molecule has 0 saturated heterocycles. The summed E-state index contributed by atoms with van der Waals surface area (Å²) in [4.78, 5) is 16.2. The number of hydrogen-bond donors (Lipinski definition) is 1. The van der Waals surface area contributed by atoms with Crippen LogP contribution >= 0.6 is 22.9 Å². The van der Waals surface area contributed by atoms with Gasteiger partial charge in [-0.25, -0.2) is 4.98 Å². The topological polar surface area (TPSA) is 60.5 Å². The van der Waals surface area contributed by atoms with E-state index >= 15 is 0 Å². The Morgan fingerprint density at radius 2 is 2.10 bits per heavy atom. The number of carbonyl (C=O) groups is 1. The van der Waals surface area contributed by atoms with E-state index in [-0.39, 0.29) is 12.3 Å². The molecule has 0 fully saturated rings. The predicted octanol–water partition coefficient (Wildman–Crippen LogP) is 3.08. The van der Waals surface area contributed by atoms with Crippen molar-refractivity contribution in [3.8, 4) is 11.5 Å². The Bertz CT molecular complexity index is 630. The minimum Gasteiger partial charge on any atom is -0.493 e. The number of thiazole rings is 1. The van der Waals surface area contributed by atoms with Gasteiger partial charge in [-0.2, -0.15) is 0 Å². The largest absolute Gasteiger partial charge is 0.493 e. The summed E-state index contributed by atoms with van der Waals surface area (Å²) in [6, 6.07) is 5.38. The van der Waals surface area contributed by atoms with Crippen molar-refractivity contribution in [1.29, 1.82) is 0 Å². The summed E-state index contributed by atoms with van der Waals surface area (Å²) in [6.07, 6.45) is 0.232. The minimum atomic E-state index is -0.141. The molecule has 21 heavy (non-hydrogen) atoms. The van der Waals surface area contributed by atoms with Crippen LogP contribution in [-0.4, -0.2) is 25.1 Å². The molecule has 0 unspecified atom stereocenters. The fourth-order valence-corrected chi connectivity index (χ4v) is 2.72. The van der Waals surface area contributed by atoms with Crippen LogP contribution < -0.4 is 14.8 Å². The Labute approximate surface area is 131 Å². The molecule has 112 valence electrons. The SMILES string of the molecule is COc1ccc(CC(=O)Nc2nc(CCl)cs2)cc1OC. The van der Waals surface area contributed by atoms with Gasteiger partial charge in [0, 0.05) is 5.38 Å². The van der Waals surface area contributed by atoms with Gasteiger partial charge in [-0.3, -0.25) is 4.79 Å². The second kappa shape index (κ2) is 7.28. The van der Waals surface area contributed by atoms with Gasteiger partial charge in [-0.05, 0) is 17.7 Å². The molecule has 1 heterocycles. The fourth-order valence-electron chi connectivity index (χ4n) is 1.77. The number of halogens is 1. The third kappa shape index (κ3) is 4.09. The lowest BCUT2D eigenvalue weighted by atomic mass is 10.1. The summed E-state index contributed by atoms with van der Waals surface area (Å²) in [5, 5.41) is 5.12. The molecule has 1 aromatic carbocycles. The lowest BCUT2D eigenvalue weighted by Gasteiger charge is -2.09. The van der Waals surface area contributed by atoms with E-state index in [1.807, 2.05) is 11.4 Å². The number of hydrogen-bond acceptors (Lipinski definition) is 5. The van der Waals surface area contributed by atoms with Crippen molar-refractivity contribution >= 4 is 34.0 Å². The van der Waals surface area contributed by atoms with E-state index in [9.17, 15) is 4.79 Å². The maximum absolute atomic E-state index is 12.0. The highest BCUT2D eigenvalue weighted by Crippen LogP contribution is 2.27. The van der Waals surface area contributed by atoms with Crippen molar-refractivity contribution in [2.45, 2.75) is 12.3 Å². The number of amides is 1. The molecular formula is C14H15ClN2O3S. The molecule has 0 radical (unpaired) electrons. The summed E-state index contributed by atoms with van der Waals surface area (Å²) in [5.41, 5.74) is 1.59. The zero-order chi connectivity index (χ0) is 15.2. The minimum absolute atomic E-state index is 0.141. The highest BCUT2D eigenvalue weighted by Gasteiger charge is 2.10. The Kier molecular flexibility index (Phi) is 5.41. The van der Waals surface area contributed by atoms with Crippen molar-refractivity contribution in [2.24, 2.45) is 0 Å². The Morgan fingerprint density at radius 3 is 2.71 bits per heavy atom. The van der Waals surface area contributed by atoms with E-state index in [0.29, 0.717) is 22.5 Å². The number of methoxy groups -OCH3 is 2. The molecule has 1 N–H and O–H groups in total. The van der Waals surface area contributed by atoms with Gasteiger partial charge in [-0.1, -0.05) is 6.07 Å². The van der Waals surface area contributed by atoms with Gasteiger partial charge in [0.15, 0.2) is 16.6 Å². The summed E-state index contributed by atoms with van der Waals surface area (Å²) in [6.45, 7) is 0. The second-order valence-corrected chi connectivity index (χ2v) is 5.32. The van der Waals surface area contributed by atoms with Crippen molar-refractivity contribution in [3.05, 3.63) is 34.8 Å². The number of carbonyl (C=O) groups excluding carboxylic acids is 1. The van der Waals surface area contributed by atoms with Crippen LogP contribution in [0.25, 0.3) is 0 Å². The van der Waals surface area contributed by atoms with E-state index in [1.54, 1.807) is 26.4 Å². The molecule has 0 spiro atoms. The molecule has 0 aliphatic carbocycles. The third-order valence-corrected chi connectivity index (χ3v) is 3.83. The molecule has 1 aromatic heterocycles. The highest BCUT2D eigenvalue weighted by molar-refractivity contribution is 7.13. The van der Waals surface area contributed by atoms with Crippen molar-refractivity contribution in [2.75, 3.05) is 19.5 Å². The van der Waals surface area contributed by atoms with Crippen LogP contribution in [0.2, 0.25) is 0 Å². The Morgan fingerprint density at radius 1 is 1.33 bits per heavy atom. The number of alkyl halides is 1. The molecule has 2 rings (SSSR count). The van der Waals surface area contributed by atoms with Crippen LogP contribution in [0.3, 0.4) is 0 Å². The number of ether oxygens (including phenoxy) is 2. The highest BCUT2D eigenvalue weighted by atomic mass is 35.5. The lowest BCUT2D eigenvalue weighted by molar-refractivity contribution is -0.115. The van der Waals surface area contributed by atoms with E-state index in [1.165, 1.54) is 11.3 Å². The van der Waals surface area contributed by atoms with E-state index in [2.05, 4.69) is 10.3 Å². The van der Waals surface area contributed by atoms with Gasteiger partial charge in [0.25, 0.3) is 0 Å². The molecule has 5 nitrogen and oxygen atoms in total. The summed E-state index contributed by atoms with van der Waals surface area (Å²) >= 11 is 7.03. The number of nitrogens with one attached hydrogen (secondary N) is 1. The number of aromatic nitrogens is 1. The molecule has 1 amide bonds. The van der Waals surface area contributed by atoms with Crippen molar-refractivity contribution in [3.63, 3.8) is 0 Å². The van der Waals surface area contributed by atoms with Crippen LogP contribution in [0.1, 0.15) is 11.3 Å². The van der Waals surface area contributed by atoms with Crippen LogP contribution in [0.15, 0.2) is 23.6 Å². The maximum Gasteiger partial charge on any atom is 0.230 e. The first-order valence-electron chi connectivity index (χ1n) is 6.17. The number of anilines is 1. The number of nitrogens with zero attached hydrogens (tertiary/aromatic N) is 1. The molecule has 2 aromatic rings. The standard InChI is InChI=1S/C14H15ClN2O3S/c1-19-11-4-3-9(5-12(11)20-2)6-13(18)17-14-16-10(7-15)8-21-14/h3-5,8H,6-7H2,1-2H3,(H,16,17,18). The van der Waals surface area contributed by atoms with Crippen LogP contribution in [0.4, 0.5) is 5.13 Å². The molecule has 0 aliphatic rings. The fraction of sp³-hybridized carbons (Fsp3) is 0.286. The summed E-state index contributed by atoms with van der Waals surface area (Å²) in [5.74, 6) is 1.43. The molecule has 0 aliphatic heterocycles. The maximum atomic E-state index is 12.0. The second-order valence-electron chi connectivity index (χ2n) is 4.19. The summed E-state index contributed by atoms with van der Waals surface area (Å²) in [7, 11) is 3.13. The quantitative estimate of drug-likeness (QED) is 0.829. The average molecular weight is 327 g/mol. The monoisotopic (exact) mass is 326 g/mol. The first-order chi connectivity index (χ1) is 10.2. The molecule has 0 bridgehead atoms.